The molecule has 0 aliphatic rings. The second kappa shape index (κ2) is 7.86. The maximum absolute atomic E-state index is 12.3. The Morgan fingerprint density at radius 2 is 1.04 bits per heavy atom. The molecule has 10 nitrogen and oxygen atoms in total. The summed E-state index contributed by atoms with van der Waals surface area (Å²) in [5, 5.41) is 19.4. The molecule has 0 spiro atoms. The molecule has 0 radical (unpaired) electrons. The van der Waals surface area contributed by atoms with Gasteiger partial charge in [0.05, 0.1) is 11.1 Å². The second-order valence-corrected chi connectivity index (χ2v) is 6.00. The molecule has 10 heteroatoms. The van der Waals surface area contributed by atoms with Gasteiger partial charge in [-0.25, -0.2) is 21.7 Å². The Kier molecular flexibility index (Phi) is 5.77. The molecule has 0 saturated heterocycles. The summed E-state index contributed by atoms with van der Waals surface area (Å²) in [7, 11) is 0. The van der Waals surface area contributed by atoms with E-state index in [0.717, 1.165) is 0 Å². The summed E-state index contributed by atoms with van der Waals surface area (Å²) < 4.78 is 0. The van der Waals surface area contributed by atoms with Crippen LogP contribution in [0.15, 0.2) is 36.4 Å². The summed E-state index contributed by atoms with van der Waals surface area (Å²) in [5.41, 5.74) is 0.572. The predicted octanol–water partition coefficient (Wildman–Crippen LogP) is 0.0998. The van der Waals surface area contributed by atoms with Crippen LogP contribution < -0.4 is 11.7 Å². The van der Waals surface area contributed by atoms with Crippen LogP contribution >= 0.6 is 0 Å². The van der Waals surface area contributed by atoms with Gasteiger partial charge in [0.2, 0.25) is 0 Å². The van der Waals surface area contributed by atoms with Crippen LogP contribution in [-0.2, 0) is 9.59 Å². The second-order valence-electron chi connectivity index (χ2n) is 6.00. The molecule has 146 valence electrons. The number of nitrogens with zero attached hydrogens (tertiary/aromatic N) is 2. The number of carbonyl (C=O) groups excluding carboxylic acids is 4. The minimum atomic E-state index is -1.60. The summed E-state index contributed by atoms with van der Waals surface area (Å²) in [5.74, 6) is 4.37. The molecule has 0 fully saturated rings. The van der Waals surface area contributed by atoms with Crippen LogP contribution in [0.5, 0.6) is 11.5 Å². The molecule has 0 unspecified atom stereocenters. The highest BCUT2D eigenvalue weighted by Gasteiger charge is 2.33. The largest absolute Gasteiger partial charge is 0.507 e. The fraction of sp³-hybridized carbons (Fsp3) is 0.111. The Balaban J connectivity index is 2.24. The van der Waals surface area contributed by atoms with Crippen LogP contribution in [0.3, 0.4) is 0 Å². The quantitative estimate of drug-likeness (QED) is 0.244. The Hall–Kier alpha value is -3.76. The summed E-state index contributed by atoms with van der Waals surface area (Å²) in [4.78, 5) is 49.0. The zero-order valence-electron chi connectivity index (χ0n) is 15.0. The summed E-state index contributed by atoms with van der Waals surface area (Å²) in [6, 6.07) is 8.03. The molecule has 2 aromatic rings. The lowest BCUT2D eigenvalue weighted by Gasteiger charge is -2.19. The first-order valence-corrected chi connectivity index (χ1v) is 7.90. The van der Waals surface area contributed by atoms with Gasteiger partial charge in [-0.1, -0.05) is 23.3 Å². The maximum atomic E-state index is 12.3. The lowest BCUT2D eigenvalue weighted by molar-refractivity contribution is -0.149. The number of phenols is 2. The number of nitrogens with two attached hydrogens (primary N) is 2. The smallest absolute Gasteiger partial charge is 0.335 e. The van der Waals surface area contributed by atoms with Gasteiger partial charge in [-0.15, -0.1) is 0 Å². The third-order valence-corrected chi connectivity index (χ3v) is 3.82. The van der Waals surface area contributed by atoms with E-state index in [9.17, 15) is 29.4 Å². The SMILES string of the molecule is Cc1ccc(O)c(C(=O)N(N)C(=O)C(=O)N(N)C(=O)c2cc(C)ccc2O)c1. The third-order valence-electron chi connectivity index (χ3n) is 3.82. The molecule has 6 N–H and O–H groups in total. The maximum Gasteiger partial charge on any atom is 0.335 e. The highest BCUT2D eigenvalue weighted by Crippen LogP contribution is 2.21. The normalized spacial score (nSPS) is 10.3. The predicted molar refractivity (Wildman–Crippen MR) is 96.4 cm³/mol. The van der Waals surface area contributed by atoms with Crippen molar-refractivity contribution in [1.29, 1.82) is 0 Å². The van der Waals surface area contributed by atoms with Crippen LogP contribution in [0.2, 0.25) is 0 Å². The van der Waals surface area contributed by atoms with Crippen LogP contribution in [0.25, 0.3) is 0 Å². The minimum absolute atomic E-state index is 0.0555. The van der Waals surface area contributed by atoms with Crippen molar-refractivity contribution in [1.82, 2.24) is 10.0 Å². The standard InChI is InChI=1S/C18H18N4O6/c1-9-3-5-13(23)11(7-9)15(25)21(19)17(27)18(28)22(20)16(26)12-8-10(2)4-6-14(12)24/h3-8,23-24H,19-20H2,1-2H3. The van der Waals surface area contributed by atoms with Crippen molar-refractivity contribution in [3.05, 3.63) is 58.7 Å². The van der Waals surface area contributed by atoms with E-state index >= 15 is 0 Å². The van der Waals surface area contributed by atoms with Crippen molar-refractivity contribution in [2.75, 3.05) is 0 Å². The van der Waals surface area contributed by atoms with Gasteiger partial charge in [0.1, 0.15) is 11.5 Å². The first-order chi connectivity index (χ1) is 13.0. The first-order valence-electron chi connectivity index (χ1n) is 7.90. The number of phenolic OH excluding ortho intramolecular Hbond substituents is 2. The Bertz CT molecular complexity index is 909. The number of imide groups is 2. The zero-order chi connectivity index (χ0) is 21.2. The molecule has 2 aromatic carbocycles. The molecule has 0 heterocycles. The van der Waals surface area contributed by atoms with Crippen molar-refractivity contribution in [3.8, 4) is 11.5 Å². The number of benzene rings is 2. The van der Waals surface area contributed by atoms with Crippen LogP contribution in [0, 0.1) is 13.8 Å². The lowest BCUT2D eigenvalue weighted by Crippen LogP contribution is -2.54. The minimum Gasteiger partial charge on any atom is -0.507 e. The monoisotopic (exact) mass is 386 g/mol. The molecule has 4 amide bonds. The average Bonchev–Trinajstić information content (AvgIpc) is 2.68. The van der Waals surface area contributed by atoms with E-state index in [0.29, 0.717) is 11.1 Å². The van der Waals surface area contributed by atoms with Gasteiger partial charge >= 0.3 is 11.8 Å². The number of aromatic hydroxyl groups is 2. The summed E-state index contributed by atoms with van der Waals surface area (Å²) >= 11 is 0. The number of aryl methyl sites for hydroxylation is 2. The Morgan fingerprint density at radius 1 is 0.714 bits per heavy atom. The van der Waals surface area contributed by atoms with E-state index in [2.05, 4.69) is 0 Å². The molecular weight excluding hydrogens is 368 g/mol. The van der Waals surface area contributed by atoms with Gasteiger partial charge in [0.25, 0.3) is 11.8 Å². The van der Waals surface area contributed by atoms with Crippen molar-refractivity contribution < 1.29 is 29.4 Å². The van der Waals surface area contributed by atoms with Gasteiger partial charge in [-0.3, -0.25) is 19.2 Å². The van der Waals surface area contributed by atoms with E-state index in [1.165, 1.54) is 36.4 Å². The van der Waals surface area contributed by atoms with Gasteiger partial charge in [-0.2, -0.15) is 0 Å². The van der Waals surface area contributed by atoms with E-state index in [4.69, 9.17) is 11.7 Å². The number of amides is 4. The van der Waals surface area contributed by atoms with Gasteiger partial charge in [0, 0.05) is 0 Å². The highest BCUT2D eigenvalue weighted by atomic mass is 16.3. The number of hydrogen-bond donors (Lipinski definition) is 4. The van der Waals surface area contributed by atoms with Gasteiger partial charge < -0.3 is 10.2 Å². The molecule has 0 aromatic heterocycles. The van der Waals surface area contributed by atoms with E-state index < -0.39 is 35.1 Å². The lowest BCUT2D eigenvalue weighted by atomic mass is 10.1. The topological polar surface area (TPSA) is 167 Å². The number of rotatable bonds is 2. The van der Waals surface area contributed by atoms with Crippen LogP contribution in [-0.4, -0.2) is 43.9 Å². The molecular formula is C18H18N4O6. The van der Waals surface area contributed by atoms with Crippen molar-refractivity contribution in [3.63, 3.8) is 0 Å². The fourth-order valence-corrected chi connectivity index (χ4v) is 2.29. The third kappa shape index (κ3) is 3.98. The van der Waals surface area contributed by atoms with E-state index in [-0.39, 0.29) is 21.1 Å². The van der Waals surface area contributed by atoms with E-state index in [1.807, 2.05) is 0 Å². The average molecular weight is 386 g/mol. The van der Waals surface area contributed by atoms with Crippen LogP contribution in [0.1, 0.15) is 31.8 Å². The Morgan fingerprint density at radius 3 is 1.36 bits per heavy atom. The number of hydrogen-bond acceptors (Lipinski definition) is 8. The van der Waals surface area contributed by atoms with Crippen molar-refractivity contribution >= 4 is 23.6 Å². The van der Waals surface area contributed by atoms with Crippen molar-refractivity contribution in [2.45, 2.75) is 13.8 Å². The fourth-order valence-electron chi connectivity index (χ4n) is 2.29. The summed E-state index contributed by atoms with van der Waals surface area (Å²) in [6.45, 7) is 3.28. The molecule has 2 rings (SSSR count). The molecule has 0 aliphatic heterocycles. The molecule has 28 heavy (non-hydrogen) atoms. The zero-order valence-corrected chi connectivity index (χ0v) is 15.0. The van der Waals surface area contributed by atoms with Gasteiger partial charge in [-0.05, 0) is 38.1 Å². The van der Waals surface area contributed by atoms with Crippen LogP contribution in [0.4, 0.5) is 0 Å². The number of carbonyl (C=O) groups is 4. The number of hydrazine groups is 2. The highest BCUT2D eigenvalue weighted by molar-refractivity contribution is 6.40. The molecule has 0 aliphatic carbocycles. The molecule has 0 atom stereocenters. The first kappa shape index (κ1) is 20.6. The van der Waals surface area contributed by atoms with E-state index in [1.54, 1.807) is 13.8 Å². The summed E-state index contributed by atoms with van der Waals surface area (Å²) in [6.07, 6.45) is 0. The van der Waals surface area contributed by atoms with Crippen molar-refractivity contribution in [2.24, 2.45) is 11.7 Å². The Labute approximate surface area is 159 Å². The molecule has 0 saturated carbocycles. The van der Waals surface area contributed by atoms with Gasteiger partial charge in [0.15, 0.2) is 0 Å². The molecule has 0 bridgehead atoms.